The molecule has 0 saturated carbocycles. The standard InChI is InChI=1S/C19H21ClN2/c1-15-5-11-18(12-6-15)22-14-4-2-3-13-21-19(22)16-7-9-17(20)10-8-16/h5-12H,2-4,13-14H2,1H3. The van der Waals surface area contributed by atoms with Crippen LogP contribution < -0.4 is 4.90 Å². The summed E-state index contributed by atoms with van der Waals surface area (Å²) in [7, 11) is 0. The molecule has 0 aromatic heterocycles. The fourth-order valence-electron chi connectivity index (χ4n) is 2.76. The van der Waals surface area contributed by atoms with E-state index in [0.717, 1.165) is 29.5 Å². The number of anilines is 1. The van der Waals surface area contributed by atoms with Crippen LogP contribution >= 0.6 is 11.6 Å². The molecule has 2 aromatic rings. The van der Waals surface area contributed by atoms with Crippen LogP contribution in [-0.4, -0.2) is 18.9 Å². The van der Waals surface area contributed by atoms with Crippen molar-refractivity contribution in [2.24, 2.45) is 4.99 Å². The summed E-state index contributed by atoms with van der Waals surface area (Å²) in [5.41, 5.74) is 3.62. The number of amidine groups is 1. The van der Waals surface area contributed by atoms with Gasteiger partial charge in [0.25, 0.3) is 0 Å². The van der Waals surface area contributed by atoms with Crippen LogP contribution in [0, 0.1) is 6.92 Å². The Balaban J connectivity index is 2.00. The second-order valence-electron chi connectivity index (χ2n) is 5.76. The predicted molar refractivity (Wildman–Crippen MR) is 95.2 cm³/mol. The molecule has 0 bridgehead atoms. The van der Waals surface area contributed by atoms with E-state index in [4.69, 9.17) is 16.6 Å². The largest absolute Gasteiger partial charge is 0.326 e. The van der Waals surface area contributed by atoms with Crippen LogP contribution in [-0.2, 0) is 0 Å². The molecule has 0 fully saturated rings. The Labute approximate surface area is 137 Å². The van der Waals surface area contributed by atoms with Crippen LogP contribution in [0.2, 0.25) is 5.02 Å². The zero-order valence-electron chi connectivity index (χ0n) is 12.9. The van der Waals surface area contributed by atoms with Gasteiger partial charge in [-0.3, -0.25) is 4.99 Å². The van der Waals surface area contributed by atoms with Crippen LogP contribution in [0.5, 0.6) is 0 Å². The number of halogens is 1. The third kappa shape index (κ3) is 3.50. The maximum Gasteiger partial charge on any atom is 0.135 e. The first-order valence-corrected chi connectivity index (χ1v) is 8.26. The highest BCUT2D eigenvalue weighted by atomic mass is 35.5. The number of aliphatic imine (C=N–C) groups is 1. The Bertz CT molecular complexity index is 644. The SMILES string of the molecule is Cc1ccc(N2CCCCCN=C2c2ccc(Cl)cc2)cc1. The molecule has 0 saturated heterocycles. The average molecular weight is 313 g/mol. The van der Waals surface area contributed by atoms with Gasteiger partial charge < -0.3 is 4.90 Å². The molecule has 1 heterocycles. The van der Waals surface area contributed by atoms with E-state index < -0.39 is 0 Å². The monoisotopic (exact) mass is 312 g/mol. The smallest absolute Gasteiger partial charge is 0.135 e. The molecule has 3 rings (SSSR count). The average Bonchev–Trinajstić information content (AvgIpc) is 2.50. The zero-order chi connectivity index (χ0) is 15.4. The van der Waals surface area contributed by atoms with Gasteiger partial charge in [0.2, 0.25) is 0 Å². The summed E-state index contributed by atoms with van der Waals surface area (Å²) in [5.74, 6) is 1.06. The highest BCUT2D eigenvalue weighted by molar-refractivity contribution is 6.30. The number of hydrogen-bond acceptors (Lipinski definition) is 2. The third-order valence-corrected chi connectivity index (χ3v) is 4.26. The van der Waals surface area contributed by atoms with Crippen molar-refractivity contribution in [3.8, 4) is 0 Å². The summed E-state index contributed by atoms with van der Waals surface area (Å²) in [6.07, 6.45) is 3.60. The van der Waals surface area contributed by atoms with Crippen molar-refractivity contribution < 1.29 is 0 Å². The lowest BCUT2D eigenvalue weighted by molar-refractivity contribution is 0.676. The maximum absolute atomic E-state index is 6.03. The number of hydrogen-bond donors (Lipinski definition) is 0. The molecular weight excluding hydrogens is 292 g/mol. The Morgan fingerprint density at radius 1 is 0.909 bits per heavy atom. The first-order valence-electron chi connectivity index (χ1n) is 7.88. The Kier molecular flexibility index (Phi) is 4.79. The predicted octanol–water partition coefficient (Wildman–Crippen LogP) is 5.09. The molecule has 3 heteroatoms. The topological polar surface area (TPSA) is 15.6 Å². The van der Waals surface area contributed by atoms with Crippen molar-refractivity contribution in [3.05, 3.63) is 64.7 Å². The lowest BCUT2D eigenvalue weighted by atomic mass is 10.1. The van der Waals surface area contributed by atoms with Crippen molar-refractivity contribution in [1.82, 2.24) is 0 Å². The summed E-state index contributed by atoms with van der Waals surface area (Å²) in [6.45, 7) is 4.01. The van der Waals surface area contributed by atoms with Crippen LogP contribution in [0.3, 0.4) is 0 Å². The molecular formula is C19H21ClN2. The summed E-state index contributed by atoms with van der Waals surface area (Å²) < 4.78 is 0. The molecule has 0 amide bonds. The van der Waals surface area contributed by atoms with E-state index in [1.807, 2.05) is 12.1 Å². The number of aryl methyl sites for hydroxylation is 1. The van der Waals surface area contributed by atoms with Gasteiger partial charge in [0, 0.05) is 29.4 Å². The van der Waals surface area contributed by atoms with Crippen LogP contribution in [0.25, 0.3) is 0 Å². The third-order valence-electron chi connectivity index (χ3n) is 4.01. The van der Waals surface area contributed by atoms with Gasteiger partial charge in [-0.2, -0.15) is 0 Å². The van der Waals surface area contributed by atoms with Crippen molar-refractivity contribution in [2.45, 2.75) is 26.2 Å². The van der Waals surface area contributed by atoms with Gasteiger partial charge in [-0.25, -0.2) is 0 Å². The first-order chi connectivity index (χ1) is 10.7. The minimum Gasteiger partial charge on any atom is -0.326 e. The fraction of sp³-hybridized carbons (Fsp3) is 0.316. The Morgan fingerprint density at radius 3 is 2.36 bits per heavy atom. The zero-order valence-corrected chi connectivity index (χ0v) is 13.7. The lowest BCUT2D eigenvalue weighted by Gasteiger charge is -2.28. The van der Waals surface area contributed by atoms with Crippen molar-refractivity contribution in [3.63, 3.8) is 0 Å². The van der Waals surface area contributed by atoms with Gasteiger partial charge in [0.1, 0.15) is 5.84 Å². The molecule has 22 heavy (non-hydrogen) atoms. The number of benzene rings is 2. The van der Waals surface area contributed by atoms with Gasteiger partial charge in [0.15, 0.2) is 0 Å². The molecule has 1 aliphatic rings. The quantitative estimate of drug-likeness (QED) is 0.754. The molecule has 0 atom stereocenters. The van der Waals surface area contributed by atoms with Gasteiger partial charge in [0.05, 0.1) is 0 Å². The van der Waals surface area contributed by atoms with E-state index >= 15 is 0 Å². The molecule has 0 spiro atoms. The number of nitrogens with zero attached hydrogens (tertiary/aromatic N) is 2. The Hall–Kier alpha value is -1.80. The summed E-state index contributed by atoms with van der Waals surface area (Å²) in [4.78, 5) is 7.20. The van der Waals surface area contributed by atoms with E-state index in [1.54, 1.807) is 0 Å². The molecule has 0 unspecified atom stereocenters. The van der Waals surface area contributed by atoms with Gasteiger partial charge in [-0.05, 0) is 62.6 Å². The molecule has 0 N–H and O–H groups in total. The molecule has 0 aliphatic carbocycles. The van der Waals surface area contributed by atoms with E-state index in [9.17, 15) is 0 Å². The molecule has 0 radical (unpaired) electrons. The second kappa shape index (κ2) is 6.97. The molecule has 2 aromatic carbocycles. The van der Waals surface area contributed by atoms with Gasteiger partial charge in [-0.1, -0.05) is 29.3 Å². The van der Waals surface area contributed by atoms with Crippen molar-refractivity contribution in [1.29, 1.82) is 0 Å². The maximum atomic E-state index is 6.03. The van der Waals surface area contributed by atoms with Gasteiger partial charge in [-0.15, -0.1) is 0 Å². The highest BCUT2D eigenvalue weighted by Gasteiger charge is 2.17. The normalized spacial score (nSPS) is 15.9. The first kappa shape index (κ1) is 15.1. The molecule has 1 aliphatic heterocycles. The molecule has 2 nitrogen and oxygen atoms in total. The molecule has 114 valence electrons. The van der Waals surface area contributed by atoms with Crippen molar-refractivity contribution in [2.75, 3.05) is 18.0 Å². The Morgan fingerprint density at radius 2 is 1.64 bits per heavy atom. The van der Waals surface area contributed by atoms with E-state index in [2.05, 4.69) is 48.2 Å². The fourth-order valence-corrected chi connectivity index (χ4v) is 2.88. The van der Waals surface area contributed by atoms with Crippen LogP contribution in [0.15, 0.2) is 53.5 Å². The number of rotatable bonds is 2. The minimum absolute atomic E-state index is 0.761. The van der Waals surface area contributed by atoms with Gasteiger partial charge >= 0.3 is 0 Å². The van der Waals surface area contributed by atoms with E-state index in [-0.39, 0.29) is 0 Å². The second-order valence-corrected chi connectivity index (χ2v) is 6.20. The minimum atomic E-state index is 0.761. The van der Waals surface area contributed by atoms with E-state index in [1.165, 1.54) is 30.5 Å². The summed E-state index contributed by atoms with van der Waals surface area (Å²) in [5, 5.41) is 0.761. The summed E-state index contributed by atoms with van der Waals surface area (Å²) in [6, 6.07) is 16.7. The lowest BCUT2D eigenvalue weighted by Crippen LogP contribution is -2.34. The van der Waals surface area contributed by atoms with Crippen LogP contribution in [0.4, 0.5) is 5.69 Å². The van der Waals surface area contributed by atoms with E-state index in [0.29, 0.717) is 0 Å². The highest BCUT2D eigenvalue weighted by Crippen LogP contribution is 2.22. The van der Waals surface area contributed by atoms with Crippen molar-refractivity contribution >= 4 is 23.1 Å². The van der Waals surface area contributed by atoms with Crippen LogP contribution in [0.1, 0.15) is 30.4 Å². The summed E-state index contributed by atoms with van der Waals surface area (Å²) >= 11 is 6.03.